The van der Waals surface area contributed by atoms with Gasteiger partial charge in [0.15, 0.2) is 0 Å². The van der Waals surface area contributed by atoms with Crippen LogP contribution in [-0.4, -0.2) is 4.57 Å². The van der Waals surface area contributed by atoms with E-state index in [2.05, 4.69) is 113 Å². The largest absolute Gasteiger partial charge is 0.254 e. The number of benzene rings is 4. The molecule has 4 aromatic carbocycles. The highest BCUT2D eigenvalue weighted by atomic mass is 15.1. The van der Waals surface area contributed by atoms with Gasteiger partial charge in [0.2, 0.25) is 0 Å². The van der Waals surface area contributed by atoms with Crippen LogP contribution in [-0.2, 0) is 0 Å². The Morgan fingerprint density at radius 2 is 1.24 bits per heavy atom. The summed E-state index contributed by atoms with van der Waals surface area (Å²) in [7, 11) is 0. The van der Waals surface area contributed by atoms with Gasteiger partial charge in [0, 0.05) is 10.8 Å². The fourth-order valence-corrected chi connectivity index (χ4v) is 3.51. The molecule has 0 aliphatic heterocycles. The minimum atomic E-state index is 1.19. The molecule has 5 aromatic rings. The maximum Gasteiger partial charge on any atom is 0.254 e. The van der Waals surface area contributed by atoms with Gasteiger partial charge in [-0.1, -0.05) is 72.8 Å². The first-order chi connectivity index (χ1) is 12.4. The lowest BCUT2D eigenvalue weighted by Crippen LogP contribution is -2.27. The summed E-state index contributed by atoms with van der Waals surface area (Å²) in [6.07, 6.45) is 6.37. The van der Waals surface area contributed by atoms with E-state index < -0.39 is 0 Å². The molecule has 1 aromatic heterocycles. The second-order valence-corrected chi connectivity index (χ2v) is 6.22. The van der Waals surface area contributed by atoms with E-state index in [1.54, 1.807) is 0 Å². The highest BCUT2D eigenvalue weighted by molar-refractivity contribution is 5.90. The molecule has 0 fully saturated rings. The molecule has 1 heterocycles. The van der Waals surface area contributed by atoms with Crippen molar-refractivity contribution in [2.24, 2.45) is 0 Å². The average Bonchev–Trinajstić information content (AvgIpc) is 3.17. The topological polar surface area (TPSA) is 8.81 Å². The highest BCUT2D eigenvalue weighted by Crippen LogP contribution is 2.22. The third-order valence-corrected chi connectivity index (χ3v) is 4.73. The summed E-state index contributed by atoms with van der Waals surface area (Å²) >= 11 is 0. The van der Waals surface area contributed by atoms with E-state index in [0.29, 0.717) is 0 Å². The summed E-state index contributed by atoms with van der Waals surface area (Å²) in [5, 5.41) is 5.02. The number of aromatic nitrogens is 2. The van der Waals surface area contributed by atoms with Crippen LogP contribution in [0.5, 0.6) is 0 Å². The lowest BCUT2D eigenvalue weighted by atomic mass is 10.1. The molecule has 0 spiro atoms. The monoisotopic (exact) mass is 321 g/mol. The van der Waals surface area contributed by atoms with Crippen molar-refractivity contribution >= 4 is 21.5 Å². The van der Waals surface area contributed by atoms with Crippen molar-refractivity contribution in [1.29, 1.82) is 0 Å². The van der Waals surface area contributed by atoms with E-state index in [9.17, 15) is 0 Å². The zero-order valence-electron chi connectivity index (χ0n) is 13.7. The Hall–Kier alpha value is -3.39. The second kappa shape index (κ2) is 5.60. The maximum absolute atomic E-state index is 2.18. The van der Waals surface area contributed by atoms with Gasteiger partial charge in [0.25, 0.3) is 6.33 Å². The fourth-order valence-electron chi connectivity index (χ4n) is 3.51. The quantitative estimate of drug-likeness (QED) is 0.402. The zero-order chi connectivity index (χ0) is 16.6. The SMILES string of the molecule is c1ccc2c(-n3cc[n+](-c4cccc5ccccc45)c3)cccc2c1. The predicted octanol–water partition coefficient (Wildman–Crippen LogP) is 5.06. The summed E-state index contributed by atoms with van der Waals surface area (Å²) in [6, 6.07) is 29.9. The summed E-state index contributed by atoms with van der Waals surface area (Å²) in [5.41, 5.74) is 2.38. The fraction of sp³-hybridized carbons (Fsp3) is 0. The Morgan fingerprint density at radius 3 is 2.08 bits per heavy atom. The molecule has 0 amide bonds. The first kappa shape index (κ1) is 14.0. The number of hydrogen-bond donors (Lipinski definition) is 0. The number of imidazole rings is 1. The second-order valence-electron chi connectivity index (χ2n) is 6.22. The Kier molecular flexibility index (Phi) is 3.14. The molecule has 5 rings (SSSR count). The molecular weight excluding hydrogens is 304 g/mol. The van der Waals surface area contributed by atoms with Crippen molar-refractivity contribution in [3.8, 4) is 11.4 Å². The molecule has 2 heteroatoms. The minimum Gasteiger partial charge on any atom is -0.201 e. The molecule has 25 heavy (non-hydrogen) atoms. The third kappa shape index (κ3) is 2.31. The molecular formula is C23H17N2+. The summed E-state index contributed by atoms with van der Waals surface area (Å²) in [5.74, 6) is 0. The van der Waals surface area contributed by atoms with E-state index in [0.717, 1.165) is 0 Å². The average molecular weight is 321 g/mol. The highest BCUT2D eigenvalue weighted by Gasteiger charge is 2.13. The van der Waals surface area contributed by atoms with Gasteiger partial charge in [-0.25, -0.2) is 9.13 Å². The summed E-state index contributed by atoms with van der Waals surface area (Å²) in [6.45, 7) is 0. The normalized spacial score (nSPS) is 11.2. The molecule has 0 aliphatic carbocycles. The van der Waals surface area contributed by atoms with Crippen LogP contribution in [0.2, 0.25) is 0 Å². The molecule has 0 N–H and O–H groups in total. The molecule has 0 bridgehead atoms. The number of fused-ring (bicyclic) bond motifs is 2. The smallest absolute Gasteiger partial charge is 0.201 e. The van der Waals surface area contributed by atoms with Gasteiger partial charge in [0.1, 0.15) is 23.8 Å². The number of rotatable bonds is 2. The van der Waals surface area contributed by atoms with E-state index in [1.807, 2.05) is 0 Å². The van der Waals surface area contributed by atoms with E-state index in [1.165, 1.54) is 32.9 Å². The Morgan fingerprint density at radius 1 is 0.600 bits per heavy atom. The van der Waals surface area contributed by atoms with Crippen molar-refractivity contribution < 1.29 is 4.57 Å². The van der Waals surface area contributed by atoms with Crippen LogP contribution in [0.3, 0.4) is 0 Å². The van der Waals surface area contributed by atoms with Crippen molar-refractivity contribution in [2.75, 3.05) is 0 Å². The molecule has 2 nitrogen and oxygen atoms in total. The van der Waals surface area contributed by atoms with Gasteiger partial charge in [0.05, 0.1) is 0 Å². The van der Waals surface area contributed by atoms with Crippen LogP contribution < -0.4 is 4.57 Å². The molecule has 0 radical (unpaired) electrons. The Balaban J connectivity index is 1.69. The van der Waals surface area contributed by atoms with E-state index >= 15 is 0 Å². The predicted molar refractivity (Wildman–Crippen MR) is 102 cm³/mol. The number of hydrogen-bond acceptors (Lipinski definition) is 0. The van der Waals surface area contributed by atoms with Crippen LogP contribution >= 0.6 is 0 Å². The zero-order valence-corrected chi connectivity index (χ0v) is 13.7. The van der Waals surface area contributed by atoms with Crippen LogP contribution in [0.25, 0.3) is 32.9 Å². The van der Waals surface area contributed by atoms with Crippen LogP contribution in [0.1, 0.15) is 0 Å². The standard InChI is InChI=1S/C23H17N2/c1-3-11-20-18(7-1)9-5-13-22(20)24-15-16-25(17-24)23-14-6-10-19-8-2-4-12-21(19)23/h1-17H/q+1. The van der Waals surface area contributed by atoms with Crippen molar-refractivity contribution in [1.82, 2.24) is 4.57 Å². The Labute approximate surface area is 146 Å². The van der Waals surface area contributed by atoms with E-state index in [-0.39, 0.29) is 0 Å². The summed E-state index contributed by atoms with van der Waals surface area (Å²) in [4.78, 5) is 0. The van der Waals surface area contributed by atoms with E-state index in [4.69, 9.17) is 0 Å². The maximum atomic E-state index is 2.18. The van der Waals surface area contributed by atoms with Gasteiger partial charge in [-0.2, -0.15) is 0 Å². The van der Waals surface area contributed by atoms with Gasteiger partial charge < -0.3 is 0 Å². The molecule has 0 saturated heterocycles. The van der Waals surface area contributed by atoms with Crippen molar-refractivity contribution in [3.63, 3.8) is 0 Å². The van der Waals surface area contributed by atoms with Crippen molar-refractivity contribution in [2.45, 2.75) is 0 Å². The van der Waals surface area contributed by atoms with Gasteiger partial charge in [-0.15, -0.1) is 0 Å². The molecule has 0 saturated carbocycles. The molecule has 0 unspecified atom stereocenters. The lowest BCUT2D eigenvalue weighted by Gasteiger charge is -2.03. The minimum absolute atomic E-state index is 1.19. The van der Waals surface area contributed by atoms with Crippen molar-refractivity contribution in [3.05, 3.63) is 104 Å². The Bertz CT molecular complexity index is 1100. The van der Waals surface area contributed by atoms with Crippen LogP contribution in [0, 0.1) is 0 Å². The summed E-state index contributed by atoms with van der Waals surface area (Å²) < 4.78 is 4.37. The third-order valence-electron chi connectivity index (χ3n) is 4.73. The van der Waals surface area contributed by atoms with Gasteiger partial charge in [-0.05, 0) is 22.9 Å². The lowest BCUT2D eigenvalue weighted by molar-refractivity contribution is -0.593. The first-order valence-corrected chi connectivity index (χ1v) is 8.46. The first-order valence-electron chi connectivity index (χ1n) is 8.46. The molecule has 0 atom stereocenters. The van der Waals surface area contributed by atoms with Gasteiger partial charge in [-0.3, -0.25) is 0 Å². The molecule has 0 aliphatic rings. The van der Waals surface area contributed by atoms with Gasteiger partial charge >= 0.3 is 0 Å². The van der Waals surface area contributed by atoms with Crippen LogP contribution in [0.15, 0.2) is 104 Å². The number of nitrogens with zero attached hydrogens (tertiary/aromatic N) is 2. The van der Waals surface area contributed by atoms with Crippen LogP contribution in [0.4, 0.5) is 0 Å². The molecule has 118 valence electrons.